The molecule has 1 aromatic carbocycles. The van der Waals surface area contributed by atoms with Crippen LogP contribution in [0, 0.1) is 0 Å². The number of nitrogens with zero attached hydrogens (tertiary/aromatic N) is 5. The number of morpholine rings is 1. The van der Waals surface area contributed by atoms with Crippen LogP contribution in [0.5, 0.6) is 5.75 Å². The lowest BCUT2D eigenvalue weighted by molar-refractivity contribution is 0.0929. The average Bonchev–Trinajstić information content (AvgIpc) is 3.48. The van der Waals surface area contributed by atoms with E-state index in [-0.39, 0.29) is 24.1 Å². The fourth-order valence-electron chi connectivity index (χ4n) is 5.25. The Morgan fingerprint density at radius 1 is 0.895 bits per heavy atom. The highest BCUT2D eigenvalue weighted by Crippen LogP contribution is 2.33. The Morgan fingerprint density at radius 2 is 1.68 bits per heavy atom. The first-order valence-corrected chi connectivity index (χ1v) is 13.4. The van der Waals surface area contributed by atoms with Crippen LogP contribution in [-0.4, -0.2) is 83.5 Å². The highest BCUT2D eigenvalue weighted by Gasteiger charge is 2.25. The zero-order valence-corrected chi connectivity index (χ0v) is 21.3. The summed E-state index contributed by atoms with van der Waals surface area (Å²) >= 11 is 0. The zero-order chi connectivity index (χ0) is 25.7. The molecule has 1 amide bonds. The summed E-state index contributed by atoms with van der Waals surface area (Å²) in [6, 6.07) is 4.49. The van der Waals surface area contributed by atoms with E-state index in [1.165, 1.54) is 0 Å². The molecule has 1 unspecified atom stereocenters. The van der Waals surface area contributed by atoms with Gasteiger partial charge >= 0.3 is 0 Å². The average molecular weight is 520 g/mol. The molecular weight excluding hydrogens is 486 g/mol. The lowest BCUT2D eigenvalue weighted by Crippen LogP contribution is -2.36. The predicted molar refractivity (Wildman–Crippen MR) is 142 cm³/mol. The molecule has 200 valence electrons. The van der Waals surface area contributed by atoms with Crippen molar-refractivity contribution in [2.24, 2.45) is 0 Å². The van der Waals surface area contributed by atoms with Crippen LogP contribution in [0.3, 0.4) is 0 Å². The number of carbonyl (C=O) groups excluding carboxylic acids is 1. The lowest BCUT2D eigenvalue weighted by atomic mass is 9.93. The number of nitrogens with one attached hydrogen (secondary N) is 2. The molecule has 6 rings (SSSR count). The first-order chi connectivity index (χ1) is 18.7. The second kappa shape index (κ2) is 11.4. The summed E-state index contributed by atoms with van der Waals surface area (Å²) in [5.74, 6) is 1.16. The fourth-order valence-corrected chi connectivity index (χ4v) is 5.25. The van der Waals surface area contributed by atoms with Crippen molar-refractivity contribution in [1.82, 2.24) is 25.3 Å². The predicted octanol–water partition coefficient (Wildman–Crippen LogP) is 2.58. The van der Waals surface area contributed by atoms with Gasteiger partial charge in [-0.25, -0.2) is 15.0 Å². The fraction of sp³-hybridized carbons (Fsp3) is 0.519. The van der Waals surface area contributed by atoms with Crippen LogP contribution in [0.25, 0.3) is 11.0 Å². The topological polar surface area (TPSA) is 124 Å². The normalized spacial score (nSPS) is 23.8. The number of amides is 1. The maximum atomic E-state index is 12.4. The van der Waals surface area contributed by atoms with Crippen LogP contribution in [0.4, 0.5) is 11.6 Å². The van der Waals surface area contributed by atoms with Crippen molar-refractivity contribution in [2.45, 2.75) is 50.3 Å². The van der Waals surface area contributed by atoms with E-state index in [2.05, 4.69) is 47.6 Å². The van der Waals surface area contributed by atoms with Gasteiger partial charge in [-0.15, -0.1) is 0 Å². The minimum absolute atomic E-state index is 0.0598. The molecule has 3 fully saturated rings. The van der Waals surface area contributed by atoms with E-state index in [1.54, 1.807) is 24.8 Å². The van der Waals surface area contributed by atoms with Crippen molar-refractivity contribution >= 4 is 28.6 Å². The molecule has 3 aromatic rings. The number of ether oxygens (including phenoxy) is 3. The highest BCUT2D eigenvalue weighted by atomic mass is 16.5. The number of aromatic nitrogens is 4. The molecule has 2 saturated heterocycles. The van der Waals surface area contributed by atoms with E-state index in [1.807, 2.05) is 0 Å². The standard InChI is InChI=1S/C27H33N7O4/c35-26(32-20-5-10-37-17-20)18-15-30-27(31-16-18)33-19-1-3-22(4-2-19)38-24-14-21(34-8-11-36-12-9-34)13-23-25(24)29-7-6-28-23/h6-7,13-16,19-20,22H,1-5,8-12,17H2,(H,32,35)(H,30,31,33). The van der Waals surface area contributed by atoms with E-state index in [9.17, 15) is 4.79 Å². The van der Waals surface area contributed by atoms with Gasteiger partial charge in [0, 0.05) is 62.3 Å². The first kappa shape index (κ1) is 24.7. The van der Waals surface area contributed by atoms with Gasteiger partial charge in [0.15, 0.2) is 0 Å². The van der Waals surface area contributed by atoms with Gasteiger partial charge in [-0.1, -0.05) is 0 Å². The van der Waals surface area contributed by atoms with E-state index < -0.39 is 0 Å². The summed E-state index contributed by atoms with van der Waals surface area (Å²) in [5, 5.41) is 6.37. The third-order valence-electron chi connectivity index (χ3n) is 7.38. The van der Waals surface area contributed by atoms with Gasteiger partial charge < -0.3 is 29.7 Å². The van der Waals surface area contributed by atoms with E-state index in [0.717, 1.165) is 80.9 Å². The number of anilines is 2. The molecule has 3 aliphatic rings. The van der Waals surface area contributed by atoms with E-state index >= 15 is 0 Å². The minimum Gasteiger partial charge on any atom is -0.488 e. The summed E-state index contributed by atoms with van der Waals surface area (Å²) in [6.45, 7) is 4.39. The summed E-state index contributed by atoms with van der Waals surface area (Å²) in [4.78, 5) is 32.5. The van der Waals surface area contributed by atoms with Gasteiger partial charge in [-0.2, -0.15) is 0 Å². The molecule has 1 saturated carbocycles. The van der Waals surface area contributed by atoms with Crippen molar-refractivity contribution in [3.8, 4) is 5.75 Å². The summed E-state index contributed by atoms with van der Waals surface area (Å²) < 4.78 is 17.3. The lowest BCUT2D eigenvalue weighted by Gasteiger charge is -2.31. The van der Waals surface area contributed by atoms with Crippen LogP contribution in [0.1, 0.15) is 42.5 Å². The Bertz CT molecular complexity index is 1240. The molecule has 2 aromatic heterocycles. The highest BCUT2D eigenvalue weighted by molar-refractivity contribution is 5.93. The van der Waals surface area contributed by atoms with Crippen molar-refractivity contribution in [1.29, 1.82) is 0 Å². The molecule has 1 atom stereocenters. The first-order valence-electron chi connectivity index (χ1n) is 13.4. The largest absolute Gasteiger partial charge is 0.488 e. The monoisotopic (exact) mass is 519 g/mol. The molecular formula is C27H33N7O4. The van der Waals surface area contributed by atoms with Gasteiger partial charge in [-0.3, -0.25) is 9.78 Å². The Labute approximate surface area is 221 Å². The van der Waals surface area contributed by atoms with Crippen molar-refractivity contribution < 1.29 is 19.0 Å². The maximum absolute atomic E-state index is 12.4. The number of rotatable bonds is 7. The molecule has 0 radical (unpaired) electrons. The van der Waals surface area contributed by atoms with Gasteiger partial charge in [0.05, 0.1) is 43.0 Å². The molecule has 11 heteroatoms. The quantitative estimate of drug-likeness (QED) is 0.481. The van der Waals surface area contributed by atoms with E-state index in [4.69, 9.17) is 14.2 Å². The van der Waals surface area contributed by atoms with Crippen molar-refractivity contribution in [3.05, 3.63) is 42.5 Å². The third kappa shape index (κ3) is 5.78. The molecule has 4 heterocycles. The zero-order valence-electron chi connectivity index (χ0n) is 21.3. The smallest absolute Gasteiger partial charge is 0.254 e. The van der Waals surface area contributed by atoms with Crippen LogP contribution in [0.2, 0.25) is 0 Å². The second-order valence-electron chi connectivity index (χ2n) is 10.0. The summed E-state index contributed by atoms with van der Waals surface area (Å²) in [5.41, 5.74) is 3.18. The Hall–Kier alpha value is -3.57. The molecule has 11 nitrogen and oxygen atoms in total. The second-order valence-corrected chi connectivity index (χ2v) is 10.0. The van der Waals surface area contributed by atoms with Gasteiger partial charge in [0.25, 0.3) is 5.91 Å². The Balaban J connectivity index is 1.04. The molecule has 2 N–H and O–H groups in total. The van der Waals surface area contributed by atoms with Gasteiger partial charge in [-0.05, 0) is 38.2 Å². The molecule has 2 aliphatic heterocycles. The molecule has 0 spiro atoms. The summed E-state index contributed by atoms with van der Waals surface area (Å²) in [7, 11) is 0. The number of hydrogen-bond donors (Lipinski definition) is 2. The van der Waals surface area contributed by atoms with Gasteiger partial charge in [0.1, 0.15) is 11.3 Å². The van der Waals surface area contributed by atoms with Crippen molar-refractivity contribution in [2.75, 3.05) is 49.7 Å². The molecule has 38 heavy (non-hydrogen) atoms. The van der Waals surface area contributed by atoms with Crippen LogP contribution in [0.15, 0.2) is 36.9 Å². The van der Waals surface area contributed by atoms with Crippen molar-refractivity contribution in [3.63, 3.8) is 0 Å². The number of carbonyl (C=O) groups is 1. The third-order valence-corrected chi connectivity index (χ3v) is 7.38. The van der Waals surface area contributed by atoms with Crippen LogP contribution >= 0.6 is 0 Å². The Kier molecular flexibility index (Phi) is 7.45. The number of benzene rings is 1. The molecule has 1 aliphatic carbocycles. The number of fused-ring (bicyclic) bond motifs is 1. The van der Waals surface area contributed by atoms with Crippen LogP contribution in [-0.2, 0) is 9.47 Å². The van der Waals surface area contributed by atoms with E-state index in [0.29, 0.717) is 24.7 Å². The summed E-state index contributed by atoms with van der Waals surface area (Å²) in [6.07, 6.45) is 11.2. The number of hydrogen-bond acceptors (Lipinski definition) is 10. The minimum atomic E-state index is -0.167. The van der Waals surface area contributed by atoms with Gasteiger partial charge in [0.2, 0.25) is 5.95 Å². The Morgan fingerprint density at radius 3 is 2.45 bits per heavy atom. The SMILES string of the molecule is O=C(NC1CCOC1)c1cnc(NC2CCC(Oc3cc(N4CCOCC4)cc4nccnc34)CC2)nc1. The maximum Gasteiger partial charge on any atom is 0.254 e. The molecule has 0 bridgehead atoms. The van der Waals surface area contributed by atoms with Crippen LogP contribution < -0.4 is 20.3 Å².